The Balaban J connectivity index is 1.64. The van der Waals surface area contributed by atoms with Crippen LogP contribution in [0, 0.1) is 0 Å². The van der Waals surface area contributed by atoms with Crippen molar-refractivity contribution in [3.05, 3.63) is 102 Å². The van der Waals surface area contributed by atoms with Crippen molar-refractivity contribution >= 4 is 11.7 Å². The van der Waals surface area contributed by atoms with Crippen molar-refractivity contribution in [2.24, 2.45) is 0 Å². The first-order chi connectivity index (χ1) is 12.2. The number of carbonyl (C=O) groups is 2. The number of nitrogens with zero attached hydrogens (tertiary/aromatic N) is 1. The minimum absolute atomic E-state index is 0.00689. The average Bonchev–Trinajstić information content (AvgIpc) is 2.68. The van der Waals surface area contributed by atoms with Crippen molar-refractivity contribution in [2.75, 3.05) is 0 Å². The summed E-state index contributed by atoms with van der Waals surface area (Å²) in [5.74, 6) is -0.155. The van der Waals surface area contributed by atoms with Crippen LogP contribution in [-0.4, -0.2) is 11.7 Å². The molecule has 2 aromatic carbocycles. The zero-order chi connectivity index (χ0) is 17.5. The third-order valence-electron chi connectivity index (χ3n) is 3.84. The fraction of sp³-hybridized carbons (Fsp3) is 0.0952. The highest BCUT2D eigenvalue weighted by atomic mass is 16.1. The van der Waals surface area contributed by atoms with Crippen LogP contribution in [0.2, 0.25) is 0 Å². The quantitative estimate of drug-likeness (QED) is 0.558. The highest BCUT2D eigenvalue weighted by Crippen LogP contribution is 2.02. The average molecular weight is 331 g/mol. The molecule has 0 aliphatic heterocycles. The van der Waals surface area contributed by atoms with Crippen LogP contribution in [0.1, 0.15) is 26.3 Å². The maximum atomic E-state index is 12.3. The number of hydrogen-bond acceptors (Lipinski definition) is 2. The monoisotopic (exact) mass is 331 g/mol. The van der Waals surface area contributed by atoms with Gasteiger partial charge in [0.05, 0.1) is 0 Å². The third kappa shape index (κ3) is 4.61. The molecule has 0 bridgehead atoms. The van der Waals surface area contributed by atoms with E-state index >= 15 is 0 Å². The van der Waals surface area contributed by atoms with E-state index in [-0.39, 0.29) is 18.2 Å². The molecule has 0 saturated heterocycles. The van der Waals surface area contributed by atoms with Crippen LogP contribution in [-0.2, 0) is 13.1 Å². The molecule has 0 saturated carbocycles. The second kappa shape index (κ2) is 8.02. The van der Waals surface area contributed by atoms with E-state index in [1.165, 1.54) is 0 Å². The molecule has 1 amide bonds. The van der Waals surface area contributed by atoms with Crippen molar-refractivity contribution in [2.45, 2.75) is 13.1 Å². The van der Waals surface area contributed by atoms with Gasteiger partial charge >= 0.3 is 0 Å². The number of rotatable bonds is 6. The number of ketones is 1. The molecule has 25 heavy (non-hydrogen) atoms. The standard InChI is InChI=1S/C21H18N2O2/c24-20(18-10-5-2-6-11-18)16-23-13-7-12-19(15-23)21(25)22-14-17-8-3-1-4-9-17/h1-13,15H,14,16H2/p+1. The summed E-state index contributed by atoms with van der Waals surface area (Å²) in [6.07, 6.45) is 3.48. The number of pyridine rings is 1. The highest BCUT2D eigenvalue weighted by molar-refractivity contribution is 5.95. The topological polar surface area (TPSA) is 50.0 Å². The summed E-state index contributed by atoms with van der Waals surface area (Å²) in [5, 5.41) is 2.89. The van der Waals surface area contributed by atoms with Crippen molar-refractivity contribution < 1.29 is 14.2 Å². The number of Topliss-reactive ketones (excluding diaryl/α,β-unsaturated/α-hetero) is 1. The van der Waals surface area contributed by atoms with Crippen LogP contribution in [0.25, 0.3) is 0 Å². The first-order valence-electron chi connectivity index (χ1n) is 8.12. The fourth-order valence-electron chi connectivity index (χ4n) is 2.52. The number of amides is 1. The number of benzene rings is 2. The van der Waals surface area contributed by atoms with E-state index in [0.29, 0.717) is 17.7 Å². The van der Waals surface area contributed by atoms with Crippen LogP contribution in [0.4, 0.5) is 0 Å². The summed E-state index contributed by atoms with van der Waals surface area (Å²) in [4.78, 5) is 24.6. The lowest BCUT2D eigenvalue weighted by Gasteiger charge is -2.05. The smallest absolute Gasteiger partial charge is 0.257 e. The minimum atomic E-state index is -0.162. The predicted octanol–water partition coefficient (Wildman–Crippen LogP) is 2.79. The van der Waals surface area contributed by atoms with Gasteiger partial charge in [-0.25, -0.2) is 0 Å². The van der Waals surface area contributed by atoms with Gasteiger partial charge in [-0.05, 0) is 11.6 Å². The Hall–Kier alpha value is -3.27. The molecule has 4 nitrogen and oxygen atoms in total. The first kappa shape index (κ1) is 16.6. The molecule has 3 rings (SSSR count). The molecule has 0 spiro atoms. The molecule has 1 aromatic heterocycles. The Morgan fingerprint density at radius 2 is 1.44 bits per heavy atom. The van der Waals surface area contributed by atoms with Crippen molar-refractivity contribution in [1.82, 2.24) is 5.32 Å². The Morgan fingerprint density at radius 1 is 0.800 bits per heavy atom. The van der Waals surface area contributed by atoms with Crippen molar-refractivity contribution in [3.8, 4) is 0 Å². The molecule has 1 N–H and O–H groups in total. The van der Waals surface area contributed by atoms with Crippen LogP contribution >= 0.6 is 0 Å². The number of hydrogen-bond donors (Lipinski definition) is 1. The molecule has 3 aromatic rings. The minimum Gasteiger partial charge on any atom is -0.348 e. The van der Waals surface area contributed by atoms with E-state index in [2.05, 4.69) is 5.32 Å². The lowest BCUT2D eigenvalue weighted by atomic mass is 10.1. The van der Waals surface area contributed by atoms with Crippen molar-refractivity contribution in [3.63, 3.8) is 0 Å². The molecular weight excluding hydrogens is 312 g/mol. The molecule has 1 heterocycles. The van der Waals surface area contributed by atoms with Crippen LogP contribution in [0.15, 0.2) is 85.2 Å². The summed E-state index contributed by atoms with van der Waals surface area (Å²) in [6, 6.07) is 22.4. The molecular formula is C21H19N2O2+. The van der Waals surface area contributed by atoms with Gasteiger partial charge in [-0.3, -0.25) is 9.59 Å². The Bertz CT molecular complexity index is 861. The van der Waals surface area contributed by atoms with Crippen LogP contribution in [0.5, 0.6) is 0 Å². The maximum absolute atomic E-state index is 12.3. The lowest BCUT2D eigenvalue weighted by molar-refractivity contribution is -0.683. The van der Waals surface area contributed by atoms with Gasteiger partial charge in [0, 0.05) is 18.2 Å². The summed E-state index contributed by atoms with van der Waals surface area (Å²) in [7, 11) is 0. The van der Waals surface area contributed by atoms with Gasteiger partial charge in [-0.1, -0.05) is 60.7 Å². The Labute approximate surface area is 146 Å². The van der Waals surface area contributed by atoms with Gasteiger partial charge in [0.25, 0.3) is 5.91 Å². The van der Waals surface area contributed by atoms with Gasteiger partial charge in [-0.2, -0.15) is 4.57 Å². The summed E-state index contributed by atoms with van der Waals surface area (Å²) in [5.41, 5.74) is 2.23. The third-order valence-corrected chi connectivity index (χ3v) is 3.84. The molecule has 0 fully saturated rings. The van der Waals surface area contributed by atoms with Gasteiger partial charge in [0.2, 0.25) is 12.3 Å². The molecule has 0 atom stereocenters. The first-order valence-corrected chi connectivity index (χ1v) is 8.12. The van der Waals surface area contributed by atoms with E-state index in [4.69, 9.17) is 0 Å². The molecule has 4 heteroatoms. The zero-order valence-corrected chi connectivity index (χ0v) is 13.8. The largest absolute Gasteiger partial charge is 0.348 e. The SMILES string of the molecule is O=C(C[n+]1cccc(C(=O)NCc2ccccc2)c1)c1ccccc1. The van der Waals surface area contributed by atoms with Gasteiger partial charge in [0.1, 0.15) is 5.56 Å². The fourth-order valence-corrected chi connectivity index (χ4v) is 2.52. The molecule has 0 unspecified atom stereocenters. The molecule has 0 aliphatic rings. The van der Waals surface area contributed by atoms with E-state index in [1.54, 1.807) is 41.2 Å². The predicted molar refractivity (Wildman–Crippen MR) is 95.0 cm³/mol. The van der Waals surface area contributed by atoms with E-state index in [9.17, 15) is 9.59 Å². The van der Waals surface area contributed by atoms with E-state index in [0.717, 1.165) is 5.56 Å². The van der Waals surface area contributed by atoms with Gasteiger partial charge in [-0.15, -0.1) is 0 Å². The summed E-state index contributed by atoms with van der Waals surface area (Å²) >= 11 is 0. The van der Waals surface area contributed by atoms with Gasteiger partial charge in [0.15, 0.2) is 12.4 Å². The molecule has 0 radical (unpaired) electrons. The number of aromatic nitrogens is 1. The van der Waals surface area contributed by atoms with E-state index < -0.39 is 0 Å². The summed E-state index contributed by atoms with van der Waals surface area (Å²) < 4.78 is 1.73. The normalized spacial score (nSPS) is 10.2. The second-order valence-electron chi connectivity index (χ2n) is 5.72. The van der Waals surface area contributed by atoms with Crippen molar-refractivity contribution in [1.29, 1.82) is 0 Å². The van der Waals surface area contributed by atoms with Gasteiger partial charge < -0.3 is 5.32 Å². The molecule has 124 valence electrons. The second-order valence-corrected chi connectivity index (χ2v) is 5.72. The Morgan fingerprint density at radius 3 is 2.16 bits per heavy atom. The highest BCUT2D eigenvalue weighted by Gasteiger charge is 2.14. The Kier molecular flexibility index (Phi) is 5.32. The summed E-state index contributed by atoms with van der Waals surface area (Å²) in [6.45, 7) is 0.668. The van der Waals surface area contributed by atoms with Crippen LogP contribution in [0.3, 0.4) is 0 Å². The number of nitrogens with one attached hydrogen (secondary N) is 1. The van der Waals surface area contributed by atoms with Crippen LogP contribution < -0.4 is 9.88 Å². The maximum Gasteiger partial charge on any atom is 0.257 e. The lowest BCUT2D eigenvalue weighted by Crippen LogP contribution is -2.38. The van der Waals surface area contributed by atoms with E-state index in [1.807, 2.05) is 48.5 Å². The number of carbonyl (C=O) groups excluding carboxylic acids is 2. The zero-order valence-electron chi connectivity index (χ0n) is 13.8. The molecule has 0 aliphatic carbocycles.